The molecule has 0 aromatic heterocycles. The minimum absolute atomic E-state index is 0.0423. The number of nitro groups is 1. The lowest BCUT2D eigenvalue weighted by molar-refractivity contribution is -0.384. The number of nitrogens with zero attached hydrogens (tertiary/aromatic N) is 2. The maximum atomic E-state index is 10.5. The highest BCUT2D eigenvalue weighted by molar-refractivity contribution is 7.80. The molecular weight excluding hydrogens is 280 g/mol. The molecular formula is C12H16N4O3S. The van der Waals surface area contributed by atoms with E-state index in [1.165, 1.54) is 18.3 Å². The molecule has 0 saturated carbocycles. The maximum Gasteiger partial charge on any atom is 0.269 e. The van der Waals surface area contributed by atoms with E-state index in [9.17, 15) is 10.1 Å². The summed E-state index contributed by atoms with van der Waals surface area (Å²) in [4.78, 5) is 10.0. The second-order valence-electron chi connectivity index (χ2n) is 4.05. The lowest BCUT2D eigenvalue weighted by atomic mass is 10.2. The van der Waals surface area contributed by atoms with Crippen LogP contribution in [0.3, 0.4) is 0 Å². The quantitative estimate of drug-likeness (QED) is 0.357. The average molecular weight is 296 g/mol. The number of methoxy groups -OCH3 is 1. The van der Waals surface area contributed by atoms with Gasteiger partial charge in [0, 0.05) is 25.3 Å². The molecule has 1 aromatic rings. The van der Waals surface area contributed by atoms with E-state index in [1.807, 2.05) is 6.92 Å². The summed E-state index contributed by atoms with van der Waals surface area (Å²) in [5, 5.41) is 17.8. The summed E-state index contributed by atoms with van der Waals surface area (Å²) in [5.41, 5.74) is 3.43. The maximum absolute atomic E-state index is 10.5. The van der Waals surface area contributed by atoms with Gasteiger partial charge in [-0.2, -0.15) is 5.10 Å². The monoisotopic (exact) mass is 296 g/mol. The zero-order chi connectivity index (χ0) is 15.0. The number of hydrazone groups is 1. The zero-order valence-electron chi connectivity index (χ0n) is 11.2. The summed E-state index contributed by atoms with van der Waals surface area (Å²) in [5.74, 6) is 0. The van der Waals surface area contributed by atoms with Gasteiger partial charge < -0.3 is 10.1 Å². The van der Waals surface area contributed by atoms with E-state index in [2.05, 4.69) is 15.8 Å². The van der Waals surface area contributed by atoms with Crippen LogP contribution in [0.4, 0.5) is 5.69 Å². The van der Waals surface area contributed by atoms with Crippen LogP contribution in [0.1, 0.15) is 12.5 Å². The molecule has 0 radical (unpaired) electrons. The third kappa shape index (κ3) is 5.72. The second kappa shape index (κ2) is 8.18. The predicted molar refractivity (Wildman–Crippen MR) is 80.9 cm³/mol. The van der Waals surface area contributed by atoms with Crippen molar-refractivity contribution >= 4 is 29.2 Å². The van der Waals surface area contributed by atoms with Crippen LogP contribution in [0.2, 0.25) is 0 Å². The molecule has 0 heterocycles. The van der Waals surface area contributed by atoms with Crippen molar-refractivity contribution in [2.45, 2.75) is 13.0 Å². The van der Waals surface area contributed by atoms with Crippen molar-refractivity contribution in [1.82, 2.24) is 10.7 Å². The van der Waals surface area contributed by atoms with Crippen LogP contribution in [0.25, 0.3) is 0 Å². The molecule has 0 aliphatic heterocycles. The van der Waals surface area contributed by atoms with Gasteiger partial charge in [0.2, 0.25) is 0 Å². The number of benzene rings is 1. The lowest BCUT2D eigenvalue weighted by Crippen LogP contribution is -2.40. The van der Waals surface area contributed by atoms with Gasteiger partial charge in [-0.15, -0.1) is 0 Å². The Kier molecular flexibility index (Phi) is 6.54. The van der Waals surface area contributed by atoms with Crippen LogP contribution in [0.5, 0.6) is 0 Å². The number of thiocarbonyl (C=S) groups is 1. The predicted octanol–water partition coefficient (Wildman–Crippen LogP) is 1.43. The van der Waals surface area contributed by atoms with Crippen LogP contribution in [0, 0.1) is 10.1 Å². The number of ether oxygens (including phenoxy) is 1. The van der Waals surface area contributed by atoms with Crippen LogP contribution in [-0.4, -0.2) is 36.0 Å². The fourth-order valence-corrected chi connectivity index (χ4v) is 1.65. The molecule has 1 atom stereocenters. The average Bonchev–Trinajstić information content (AvgIpc) is 2.39. The van der Waals surface area contributed by atoms with Crippen molar-refractivity contribution in [3.8, 4) is 0 Å². The number of nitrogens with one attached hydrogen (secondary N) is 2. The van der Waals surface area contributed by atoms with E-state index in [0.29, 0.717) is 11.7 Å². The van der Waals surface area contributed by atoms with Crippen LogP contribution < -0.4 is 10.7 Å². The minimum Gasteiger partial charge on any atom is -0.383 e. The fourth-order valence-electron chi connectivity index (χ4n) is 1.40. The molecule has 108 valence electrons. The first-order valence-corrected chi connectivity index (χ1v) is 6.26. The zero-order valence-corrected chi connectivity index (χ0v) is 12.0. The Morgan fingerprint density at radius 1 is 1.55 bits per heavy atom. The Morgan fingerprint density at radius 2 is 2.20 bits per heavy atom. The molecule has 2 N–H and O–H groups in total. The van der Waals surface area contributed by atoms with Gasteiger partial charge in [0.05, 0.1) is 17.7 Å². The Labute approximate surface area is 122 Å². The van der Waals surface area contributed by atoms with E-state index >= 15 is 0 Å². The summed E-state index contributed by atoms with van der Waals surface area (Å²) in [6.07, 6.45) is 1.53. The fraction of sp³-hybridized carbons (Fsp3) is 0.333. The highest BCUT2D eigenvalue weighted by atomic mass is 32.1. The molecule has 0 spiro atoms. The summed E-state index contributed by atoms with van der Waals surface area (Å²) < 4.78 is 4.97. The van der Waals surface area contributed by atoms with Crippen LogP contribution in [0.15, 0.2) is 29.4 Å². The summed E-state index contributed by atoms with van der Waals surface area (Å²) in [6, 6.07) is 6.12. The van der Waals surface area contributed by atoms with E-state index in [0.717, 1.165) is 5.56 Å². The van der Waals surface area contributed by atoms with Crippen molar-refractivity contribution in [3.05, 3.63) is 39.9 Å². The van der Waals surface area contributed by atoms with Gasteiger partial charge in [-0.05, 0) is 36.8 Å². The highest BCUT2D eigenvalue weighted by Crippen LogP contribution is 2.10. The molecule has 0 unspecified atom stereocenters. The second-order valence-corrected chi connectivity index (χ2v) is 4.46. The van der Waals surface area contributed by atoms with Gasteiger partial charge in [0.1, 0.15) is 0 Å². The first kappa shape index (κ1) is 16.0. The normalized spacial score (nSPS) is 12.1. The third-order valence-electron chi connectivity index (χ3n) is 2.28. The first-order chi connectivity index (χ1) is 9.52. The van der Waals surface area contributed by atoms with Crippen molar-refractivity contribution < 1.29 is 9.66 Å². The smallest absolute Gasteiger partial charge is 0.269 e. The molecule has 0 amide bonds. The van der Waals surface area contributed by atoms with Gasteiger partial charge in [-0.1, -0.05) is 0 Å². The first-order valence-electron chi connectivity index (χ1n) is 5.86. The minimum atomic E-state index is -0.449. The molecule has 0 aliphatic rings. The summed E-state index contributed by atoms with van der Waals surface area (Å²) >= 11 is 5.03. The summed E-state index contributed by atoms with van der Waals surface area (Å²) in [7, 11) is 1.61. The van der Waals surface area contributed by atoms with Crippen molar-refractivity contribution in [2.24, 2.45) is 5.10 Å². The Balaban J connectivity index is 2.44. The van der Waals surface area contributed by atoms with Gasteiger partial charge in [-0.25, -0.2) is 0 Å². The molecule has 20 heavy (non-hydrogen) atoms. The van der Waals surface area contributed by atoms with Crippen LogP contribution >= 0.6 is 12.2 Å². The highest BCUT2D eigenvalue weighted by Gasteiger charge is 2.03. The van der Waals surface area contributed by atoms with Gasteiger partial charge in [0.25, 0.3) is 5.69 Å². The number of hydrogen-bond acceptors (Lipinski definition) is 5. The SMILES string of the molecule is COC[C@H](C)NC(=S)N/N=C\c1ccc([N+](=O)[O-])cc1. The molecule has 0 fully saturated rings. The molecule has 7 nitrogen and oxygen atoms in total. The van der Waals surface area contributed by atoms with E-state index in [1.54, 1.807) is 19.2 Å². The Morgan fingerprint density at radius 3 is 2.75 bits per heavy atom. The number of hydrogen-bond donors (Lipinski definition) is 2. The Bertz CT molecular complexity index is 490. The third-order valence-corrected chi connectivity index (χ3v) is 2.49. The van der Waals surface area contributed by atoms with E-state index < -0.39 is 4.92 Å². The van der Waals surface area contributed by atoms with Gasteiger partial charge in [-0.3, -0.25) is 15.5 Å². The van der Waals surface area contributed by atoms with Crippen molar-refractivity contribution in [2.75, 3.05) is 13.7 Å². The van der Waals surface area contributed by atoms with Crippen molar-refractivity contribution in [3.63, 3.8) is 0 Å². The molecule has 1 aromatic carbocycles. The lowest BCUT2D eigenvalue weighted by Gasteiger charge is -2.13. The van der Waals surface area contributed by atoms with Gasteiger partial charge in [0.15, 0.2) is 5.11 Å². The largest absolute Gasteiger partial charge is 0.383 e. The standard InChI is InChI=1S/C12H16N4O3S/c1-9(8-19-2)14-12(20)15-13-7-10-3-5-11(6-4-10)16(17)18/h3-7,9H,8H2,1-2H3,(H2,14,15,20)/b13-7-/t9-/m0/s1. The van der Waals surface area contributed by atoms with E-state index in [4.69, 9.17) is 17.0 Å². The molecule has 0 bridgehead atoms. The molecule has 0 saturated heterocycles. The topological polar surface area (TPSA) is 88.8 Å². The van der Waals surface area contributed by atoms with Crippen molar-refractivity contribution in [1.29, 1.82) is 0 Å². The van der Waals surface area contributed by atoms with Gasteiger partial charge >= 0.3 is 0 Å². The molecule has 1 rings (SSSR count). The number of nitro benzene ring substituents is 1. The Hall–Kier alpha value is -2.06. The van der Waals surface area contributed by atoms with Crippen LogP contribution in [-0.2, 0) is 4.74 Å². The van der Waals surface area contributed by atoms with E-state index in [-0.39, 0.29) is 11.7 Å². The number of rotatable bonds is 6. The summed E-state index contributed by atoms with van der Waals surface area (Å²) in [6.45, 7) is 2.46. The molecule has 0 aliphatic carbocycles. The molecule has 8 heteroatoms. The number of non-ortho nitro benzene ring substituents is 1.